The lowest BCUT2D eigenvalue weighted by atomic mass is 10.2. The highest BCUT2D eigenvalue weighted by atomic mass is 16.5. The van der Waals surface area contributed by atoms with Gasteiger partial charge in [0.2, 0.25) is 0 Å². The second-order valence-electron chi connectivity index (χ2n) is 7.26. The molecule has 0 radical (unpaired) electrons. The molecule has 29 heavy (non-hydrogen) atoms. The normalized spacial score (nSPS) is 12.4. The smallest absolute Gasteiger partial charge is 0.161 e. The van der Waals surface area contributed by atoms with Crippen LogP contribution in [0.15, 0.2) is 24.3 Å². The zero-order valence-corrected chi connectivity index (χ0v) is 18.4. The molecule has 7 heteroatoms. The summed E-state index contributed by atoms with van der Waals surface area (Å²) in [5.41, 5.74) is 3.34. The Hall–Kier alpha value is -2.09. The van der Waals surface area contributed by atoms with Crippen molar-refractivity contribution in [3.05, 3.63) is 41.2 Å². The van der Waals surface area contributed by atoms with Crippen molar-refractivity contribution in [2.24, 2.45) is 0 Å². The molecule has 1 atom stereocenters. The van der Waals surface area contributed by atoms with Crippen LogP contribution in [0.1, 0.15) is 30.8 Å². The van der Waals surface area contributed by atoms with Crippen molar-refractivity contribution in [1.82, 2.24) is 20.0 Å². The van der Waals surface area contributed by atoms with Crippen molar-refractivity contribution < 1.29 is 14.6 Å². The van der Waals surface area contributed by atoms with Crippen LogP contribution in [0.3, 0.4) is 0 Å². The van der Waals surface area contributed by atoms with Gasteiger partial charge in [-0.1, -0.05) is 19.9 Å². The Labute approximate surface area is 174 Å². The van der Waals surface area contributed by atoms with E-state index in [-0.39, 0.29) is 6.61 Å². The molecule has 0 aliphatic heterocycles. The van der Waals surface area contributed by atoms with E-state index in [1.807, 2.05) is 29.8 Å². The molecule has 2 N–H and O–H groups in total. The predicted molar refractivity (Wildman–Crippen MR) is 116 cm³/mol. The Morgan fingerprint density at radius 2 is 1.93 bits per heavy atom. The first-order chi connectivity index (χ1) is 14.0. The van der Waals surface area contributed by atoms with Crippen molar-refractivity contribution in [1.29, 1.82) is 0 Å². The summed E-state index contributed by atoms with van der Waals surface area (Å²) >= 11 is 0. The number of aromatic nitrogens is 2. The molecule has 0 bridgehead atoms. The molecule has 0 saturated heterocycles. The fourth-order valence-corrected chi connectivity index (χ4v) is 3.28. The number of aliphatic hydroxyl groups excluding tert-OH is 1. The number of rotatable bonds is 13. The van der Waals surface area contributed by atoms with Gasteiger partial charge in [0.1, 0.15) is 12.7 Å². The van der Waals surface area contributed by atoms with Gasteiger partial charge in [0.25, 0.3) is 0 Å². The van der Waals surface area contributed by atoms with Gasteiger partial charge in [0.05, 0.1) is 19.3 Å². The van der Waals surface area contributed by atoms with Crippen LogP contribution in [0, 0.1) is 13.8 Å². The summed E-state index contributed by atoms with van der Waals surface area (Å²) in [7, 11) is 1.63. The first-order valence-electron chi connectivity index (χ1n) is 10.4. The molecule has 2 aromatic rings. The third-order valence-electron chi connectivity index (χ3n) is 4.96. The maximum Gasteiger partial charge on any atom is 0.161 e. The zero-order valence-electron chi connectivity index (χ0n) is 18.4. The van der Waals surface area contributed by atoms with Crippen LogP contribution in [0.25, 0.3) is 0 Å². The Kier molecular flexibility index (Phi) is 9.44. The molecule has 7 nitrogen and oxygen atoms in total. The molecule has 2 rings (SSSR count). The second-order valence-corrected chi connectivity index (χ2v) is 7.26. The van der Waals surface area contributed by atoms with Crippen molar-refractivity contribution in [3.63, 3.8) is 0 Å². The number of benzene rings is 1. The fraction of sp³-hybridized carbons (Fsp3) is 0.591. The van der Waals surface area contributed by atoms with Gasteiger partial charge in [0, 0.05) is 25.3 Å². The van der Waals surface area contributed by atoms with Crippen LogP contribution in [0.2, 0.25) is 0 Å². The minimum absolute atomic E-state index is 0.243. The van der Waals surface area contributed by atoms with Crippen LogP contribution in [0.4, 0.5) is 0 Å². The van der Waals surface area contributed by atoms with Crippen LogP contribution in [-0.4, -0.2) is 65.8 Å². The van der Waals surface area contributed by atoms with E-state index in [4.69, 9.17) is 9.47 Å². The number of nitrogens with one attached hydrogen (secondary N) is 1. The highest BCUT2D eigenvalue weighted by Gasteiger charge is 2.12. The number of aryl methyl sites for hydroxylation is 2. The maximum atomic E-state index is 10.2. The first-order valence-corrected chi connectivity index (χ1v) is 10.4. The summed E-state index contributed by atoms with van der Waals surface area (Å²) in [6.07, 6.45) is -0.532. The summed E-state index contributed by atoms with van der Waals surface area (Å²) < 4.78 is 13.3. The minimum Gasteiger partial charge on any atom is -0.493 e. The summed E-state index contributed by atoms with van der Waals surface area (Å²) in [4.78, 5) is 2.17. The van der Waals surface area contributed by atoms with Gasteiger partial charge in [-0.2, -0.15) is 5.10 Å². The van der Waals surface area contributed by atoms with Crippen LogP contribution in [0.5, 0.6) is 11.5 Å². The second kappa shape index (κ2) is 11.8. The Bertz CT molecular complexity index is 744. The van der Waals surface area contributed by atoms with Crippen LogP contribution >= 0.6 is 0 Å². The summed E-state index contributed by atoms with van der Waals surface area (Å²) in [5, 5.41) is 18.1. The Morgan fingerprint density at radius 3 is 2.55 bits per heavy atom. The Morgan fingerprint density at radius 1 is 1.17 bits per heavy atom. The standard InChI is InChI=1S/C22H36N4O3/c1-6-25(7-2)15-20(27)16-29-21-9-8-19(13-22(21)28-5)14-23-10-11-26-18(4)12-17(3)24-26/h8-9,12-13,20,23,27H,6-7,10-11,14-16H2,1-5H3. The first kappa shape index (κ1) is 23.2. The SMILES string of the molecule is CCN(CC)CC(O)COc1ccc(CNCCn2nc(C)cc2C)cc1OC. The van der Waals surface area contributed by atoms with E-state index in [0.717, 1.165) is 44.0 Å². The number of hydrogen-bond acceptors (Lipinski definition) is 6. The molecule has 0 aliphatic rings. The highest BCUT2D eigenvalue weighted by Crippen LogP contribution is 2.28. The van der Waals surface area contributed by atoms with Gasteiger partial charge in [0.15, 0.2) is 11.5 Å². The van der Waals surface area contributed by atoms with Crippen molar-refractivity contribution in [2.45, 2.75) is 46.9 Å². The van der Waals surface area contributed by atoms with E-state index in [9.17, 15) is 5.11 Å². The van der Waals surface area contributed by atoms with Crippen LogP contribution in [-0.2, 0) is 13.1 Å². The molecular weight excluding hydrogens is 368 g/mol. The average Bonchev–Trinajstić information content (AvgIpc) is 3.04. The molecular formula is C22H36N4O3. The lowest BCUT2D eigenvalue weighted by Gasteiger charge is -2.22. The molecule has 0 amide bonds. The minimum atomic E-state index is -0.532. The molecule has 1 aromatic heterocycles. The molecule has 1 heterocycles. The van der Waals surface area contributed by atoms with Crippen molar-refractivity contribution >= 4 is 0 Å². The van der Waals surface area contributed by atoms with E-state index in [0.29, 0.717) is 18.0 Å². The van der Waals surface area contributed by atoms with Gasteiger partial charge < -0.3 is 24.8 Å². The molecule has 162 valence electrons. The monoisotopic (exact) mass is 404 g/mol. The van der Waals surface area contributed by atoms with Gasteiger partial charge in [-0.3, -0.25) is 4.68 Å². The van der Waals surface area contributed by atoms with Gasteiger partial charge in [-0.25, -0.2) is 0 Å². The van der Waals surface area contributed by atoms with E-state index in [1.165, 1.54) is 5.69 Å². The van der Waals surface area contributed by atoms with E-state index < -0.39 is 6.10 Å². The number of aliphatic hydroxyl groups is 1. The average molecular weight is 405 g/mol. The van der Waals surface area contributed by atoms with Crippen molar-refractivity contribution in [3.8, 4) is 11.5 Å². The lowest BCUT2D eigenvalue weighted by molar-refractivity contribution is 0.0705. The van der Waals surface area contributed by atoms with Gasteiger partial charge in [-0.05, 0) is 50.7 Å². The maximum absolute atomic E-state index is 10.2. The number of nitrogens with zero attached hydrogens (tertiary/aromatic N) is 3. The zero-order chi connectivity index (χ0) is 21.2. The van der Waals surface area contributed by atoms with Gasteiger partial charge >= 0.3 is 0 Å². The summed E-state index contributed by atoms with van der Waals surface area (Å²) in [5.74, 6) is 1.33. The molecule has 1 aromatic carbocycles. The van der Waals surface area contributed by atoms with Crippen molar-refractivity contribution in [2.75, 3.05) is 39.9 Å². The highest BCUT2D eigenvalue weighted by molar-refractivity contribution is 5.43. The molecule has 0 fully saturated rings. The molecule has 0 spiro atoms. The number of likely N-dealkylation sites (N-methyl/N-ethyl adjacent to an activating group) is 1. The van der Waals surface area contributed by atoms with E-state index in [2.05, 4.69) is 42.2 Å². The quantitative estimate of drug-likeness (QED) is 0.500. The predicted octanol–water partition coefficient (Wildman–Crippen LogP) is 2.38. The van der Waals surface area contributed by atoms with Gasteiger partial charge in [-0.15, -0.1) is 0 Å². The van der Waals surface area contributed by atoms with E-state index >= 15 is 0 Å². The molecule has 0 saturated carbocycles. The molecule has 1 unspecified atom stereocenters. The third-order valence-corrected chi connectivity index (χ3v) is 4.96. The Balaban J connectivity index is 1.82. The summed E-state index contributed by atoms with van der Waals surface area (Å²) in [6.45, 7) is 13.3. The molecule has 0 aliphatic carbocycles. The number of ether oxygens (including phenoxy) is 2. The fourth-order valence-electron chi connectivity index (χ4n) is 3.28. The third kappa shape index (κ3) is 7.34. The topological polar surface area (TPSA) is 71.8 Å². The number of methoxy groups -OCH3 is 1. The summed E-state index contributed by atoms with van der Waals surface area (Å²) in [6, 6.07) is 7.98. The lowest BCUT2D eigenvalue weighted by Crippen LogP contribution is -2.35. The largest absolute Gasteiger partial charge is 0.493 e. The van der Waals surface area contributed by atoms with E-state index in [1.54, 1.807) is 7.11 Å². The van der Waals surface area contributed by atoms with Crippen LogP contribution < -0.4 is 14.8 Å². The number of hydrogen-bond donors (Lipinski definition) is 2.